The van der Waals surface area contributed by atoms with Gasteiger partial charge in [-0.25, -0.2) is 0 Å². The summed E-state index contributed by atoms with van der Waals surface area (Å²) in [5, 5.41) is 4.33. The minimum atomic E-state index is 0.814. The molecule has 0 bridgehead atoms. The monoisotopic (exact) mass is 271 g/mol. The molecule has 0 atom stereocenters. The fraction of sp³-hybridized carbons (Fsp3) is 0.571. The Morgan fingerprint density at radius 1 is 1.24 bits per heavy atom. The molecule has 0 amide bonds. The lowest BCUT2D eigenvalue weighted by molar-refractivity contribution is 0.534. The lowest BCUT2D eigenvalue weighted by atomic mass is 10.1. The molecule has 1 aromatic carbocycles. The summed E-state index contributed by atoms with van der Waals surface area (Å²) in [6.45, 7) is 6.72. The van der Waals surface area contributed by atoms with Gasteiger partial charge in [0.05, 0.1) is 5.02 Å². The summed E-state index contributed by atoms with van der Waals surface area (Å²) in [6, 6.07) is 8.02. The molecular formula is C14H22ClNS. The van der Waals surface area contributed by atoms with Crippen LogP contribution in [-0.4, -0.2) is 18.8 Å². The topological polar surface area (TPSA) is 12.0 Å². The van der Waals surface area contributed by atoms with Crippen molar-refractivity contribution in [2.24, 2.45) is 5.92 Å². The molecule has 0 aliphatic heterocycles. The molecule has 0 spiro atoms. The van der Waals surface area contributed by atoms with Gasteiger partial charge in [-0.1, -0.05) is 37.6 Å². The zero-order valence-electron chi connectivity index (χ0n) is 10.7. The standard InChI is InChI=1S/C14H22ClNS/c1-12(2)6-5-9-16-10-11-17-14-8-4-3-7-13(14)15/h3-4,7-8,12,16H,5-6,9-11H2,1-2H3. The molecule has 0 aliphatic carbocycles. The molecular weight excluding hydrogens is 250 g/mol. The molecule has 0 aliphatic rings. The fourth-order valence-electron chi connectivity index (χ4n) is 1.56. The van der Waals surface area contributed by atoms with E-state index in [1.165, 1.54) is 17.7 Å². The summed E-state index contributed by atoms with van der Waals surface area (Å²) in [4.78, 5) is 1.18. The lowest BCUT2D eigenvalue weighted by Gasteiger charge is -2.07. The Bertz CT molecular complexity index is 315. The summed E-state index contributed by atoms with van der Waals surface area (Å²) in [7, 11) is 0. The first-order valence-corrected chi connectivity index (χ1v) is 7.64. The van der Waals surface area contributed by atoms with Gasteiger partial charge < -0.3 is 5.32 Å². The molecule has 17 heavy (non-hydrogen) atoms. The van der Waals surface area contributed by atoms with Crippen LogP contribution in [0.1, 0.15) is 26.7 Å². The molecule has 0 saturated heterocycles. The van der Waals surface area contributed by atoms with Crippen LogP contribution >= 0.6 is 23.4 Å². The first-order valence-electron chi connectivity index (χ1n) is 6.28. The summed E-state index contributed by atoms with van der Waals surface area (Å²) in [5.74, 6) is 1.89. The van der Waals surface area contributed by atoms with Gasteiger partial charge in [-0.2, -0.15) is 0 Å². The van der Waals surface area contributed by atoms with Crippen LogP contribution in [0.5, 0.6) is 0 Å². The van der Waals surface area contributed by atoms with Crippen molar-refractivity contribution in [3.63, 3.8) is 0 Å². The summed E-state index contributed by atoms with van der Waals surface area (Å²) in [5.41, 5.74) is 0. The minimum Gasteiger partial charge on any atom is -0.316 e. The van der Waals surface area contributed by atoms with Crippen LogP contribution in [0.3, 0.4) is 0 Å². The first kappa shape index (κ1) is 14.9. The van der Waals surface area contributed by atoms with Crippen LogP contribution in [0.4, 0.5) is 0 Å². The third kappa shape index (κ3) is 6.97. The largest absolute Gasteiger partial charge is 0.316 e. The van der Waals surface area contributed by atoms with E-state index in [1.807, 2.05) is 30.0 Å². The van der Waals surface area contributed by atoms with Crippen LogP contribution in [0.25, 0.3) is 0 Å². The molecule has 0 saturated carbocycles. The Morgan fingerprint density at radius 2 is 2.00 bits per heavy atom. The Labute approximate surface area is 114 Å². The average molecular weight is 272 g/mol. The summed E-state index contributed by atoms with van der Waals surface area (Å²) < 4.78 is 0. The van der Waals surface area contributed by atoms with Crippen LogP contribution in [-0.2, 0) is 0 Å². The normalized spacial score (nSPS) is 11.1. The molecule has 1 aromatic rings. The molecule has 1 nitrogen and oxygen atoms in total. The van der Waals surface area contributed by atoms with Crippen molar-refractivity contribution < 1.29 is 0 Å². The maximum absolute atomic E-state index is 6.08. The van der Waals surface area contributed by atoms with E-state index in [4.69, 9.17) is 11.6 Å². The van der Waals surface area contributed by atoms with Gasteiger partial charge in [0.1, 0.15) is 0 Å². The maximum atomic E-state index is 6.08. The average Bonchev–Trinajstić information content (AvgIpc) is 2.30. The lowest BCUT2D eigenvalue weighted by Crippen LogP contribution is -2.18. The number of benzene rings is 1. The number of hydrogen-bond acceptors (Lipinski definition) is 2. The molecule has 96 valence electrons. The number of halogens is 1. The molecule has 0 radical (unpaired) electrons. The van der Waals surface area contributed by atoms with Gasteiger partial charge in [0.25, 0.3) is 0 Å². The molecule has 0 heterocycles. The number of thioether (sulfide) groups is 1. The summed E-state index contributed by atoms with van der Waals surface area (Å²) in [6.07, 6.45) is 2.58. The van der Waals surface area contributed by atoms with Crippen LogP contribution in [0.2, 0.25) is 5.02 Å². The zero-order valence-corrected chi connectivity index (χ0v) is 12.3. The van der Waals surface area contributed by atoms with E-state index < -0.39 is 0 Å². The Hall–Kier alpha value is -0.180. The maximum Gasteiger partial charge on any atom is 0.0541 e. The van der Waals surface area contributed by atoms with E-state index in [2.05, 4.69) is 25.2 Å². The third-order valence-corrected chi connectivity index (χ3v) is 4.02. The van der Waals surface area contributed by atoms with E-state index in [0.29, 0.717) is 0 Å². The summed E-state index contributed by atoms with van der Waals surface area (Å²) >= 11 is 7.90. The molecule has 0 aromatic heterocycles. The minimum absolute atomic E-state index is 0.814. The van der Waals surface area contributed by atoms with E-state index in [0.717, 1.165) is 29.8 Å². The smallest absolute Gasteiger partial charge is 0.0541 e. The van der Waals surface area contributed by atoms with E-state index >= 15 is 0 Å². The molecule has 0 fully saturated rings. The van der Waals surface area contributed by atoms with Gasteiger partial charge in [-0.3, -0.25) is 0 Å². The number of rotatable bonds is 8. The highest BCUT2D eigenvalue weighted by Gasteiger charge is 1.99. The van der Waals surface area contributed by atoms with Crippen molar-refractivity contribution >= 4 is 23.4 Å². The van der Waals surface area contributed by atoms with Crippen molar-refractivity contribution in [2.75, 3.05) is 18.8 Å². The number of hydrogen-bond donors (Lipinski definition) is 1. The number of nitrogens with one attached hydrogen (secondary N) is 1. The third-order valence-electron chi connectivity index (χ3n) is 2.51. The van der Waals surface area contributed by atoms with Crippen LogP contribution in [0.15, 0.2) is 29.2 Å². The second-order valence-electron chi connectivity index (χ2n) is 4.56. The van der Waals surface area contributed by atoms with Gasteiger partial charge in [-0.05, 0) is 37.4 Å². The SMILES string of the molecule is CC(C)CCCNCCSc1ccccc1Cl. The Balaban J connectivity index is 2.03. The quantitative estimate of drug-likeness (QED) is 0.553. The van der Waals surface area contributed by atoms with Crippen molar-refractivity contribution in [2.45, 2.75) is 31.6 Å². The second kappa shape index (κ2) is 8.84. The van der Waals surface area contributed by atoms with Gasteiger partial charge in [0.2, 0.25) is 0 Å². The molecule has 1 N–H and O–H groups in total. The predicted molar refractivity (Wildman–Crippen MR) is 79.1 cm³/mol. The van der Waals surface area contributed by atoms with Crippen LogP contribution in [0, 0.1) is 5.92 Å². The van der Waals surface area contributed by atoms with Gasteiger partial charge in [0.15, 0.2) is 0 Å². The fourth-order valence-corrected chi connectivity index (χ4v) is 2.70. The molecule has 3 heteroatoms. The highest BCUT2D eigenvalue weighted by atomic mass is 35.5. The van der Waals surface area contributed by atoms with Crippen molar-refractivity contribution in [3.05, 3.63) is 29.3 Å². The van der Waals surface area contributed by atoms with Crippen molar-refractivity contribution in [1.82, 2.24) is 5.32 Å². The highest BCUT2D eigenvalue weighted by Crippen LogP contribution is 2.25. The van der Waals surface area contributed by atoms with Crippen molar-refractivity contribution in [1.29, 1.82) is 0 Å². The van der Waals surface area contributed by atoms with Crippen molar-refractivity contribution in [3.8, 4) is 0 Å². The van der Waals surface area contributed by atoms with Gasteiger partial charge in [-0.15, -0.1) is 11.8 Å². The molecule has 1 rings (SSSR count). The van der Waals surface area contributed by atoms with Gasteiger partial charge in [0, 0.05) is 17.2 Å². The van der Waals surface area contributed by atoms with E-state index in [9.17, 15) is 0 Å². The van der Waals surface area contributed by atoms with Crippen LogP contribution < -0.4 is 5.32 Å². The molecule has 0 unspecified atom stereocenters. The second-order valence-corrected chi connectivity index (χ2v) is 6.11. The van der Waals surface area contributed by atoms with E-state index in [1.54, 1.807) is 0 Å². The zero-order chi connectivity index (χ0) is 12.5. The highest BCUT2D eigenvalue weighted by molar-refractivity contribution is 7.99. The Morgan fingerprint density at radius 3 is 2.71 bits per heavy atom. The van der Waals surface area contributed by atoms with E-state index in [-0.39, 0.29) is 0 Å². The predicted octanol–water partition coefficient (Wildman–Crippen LogP) is 4.46. The Kier molecular flexibility index (Phi) is 7.74. The first-order chi connectivity index (χ1) is 8.20. The van der Waals surface area contributed by atoms with Gasteiger partial charge >= 0.3 is 0 Å².